The van der Waals surface area contributed by atoms with E-state index in [1.54, 1.807) is 13.0 Å². The SMILES string of the molecule is C.C.C=C(C)C(=O)OCCNC(=O)OCOc1ccccc1-c1ccccc1. The molecule has 0 atom stereocenters. The van der Waals surface area contributed by atoms with Gasteiger partial charge in [0.2, 0.25) is 6.79 Å². The second kappa shape index (κ2) is 13.0. The van der Waals surface area contributed by atoms with Gasteiger partial charge >= 0.3 is 12.1 Å². The van der Waals surface area contributed by atoms with Gasteiger partial charge in [-0.25, -0.2) is 9.59 Å². The molecule has 2 aromatic carbocycles. The molecule has 6 nitrogen and oxygen atoms in total. The Hall–Kier alpha value is -3.28. The van der Waals surface area contributed by atoms with E-state index in [2.05, 4.69) is 11.9 Å². The quantitative estimate of drug-likeness (QED) is 0.305. The molecule has 152 valence electrons. The van der Waals surface area contributed by atoms with Gasteiger partial charge in [-0.2, -0.15) is 0 Å². The first-order valence-corrected chi connectivity index (χ1v) is 8.08. The first kappa shape index (κ1) is 24.7. The van der Waals surface area contributed by atoms with E-state index < -0.39 is 12.1 Å². The van der Waals surface area contributed by atoms with Crippen LogP contribution in [0.25, 0.3) is 11.1 Å². The summed E-state index contributed by atoms with van der Waals surface area (Å²) in [5.41, 5.74) is 2.22. The number of hydrogen-bond donors (Lipinski definition) is 1. The van der Waals surface area contributed by atoms with E-state index in [-0.39, 0.29) is 34.8 Å². The minimum atomic E-state index is -0.659. The Balaban J connectivity index is 0.00000364. The second-order valence-electron chi connectivity index (χ2n) is 5.40. The number of ether oxygens (including phenoxy) is 3. The lowest BCUT2D eigenvalue weighted by atomic mass is 10.1. The Labute approximate surface area is 167 Å². The monoisotopic (exact) mass is 387 g/mol. The van der Waals surface area contributed by atoms with Gasteiger partial charge in [0, 0.05) is 11.1 Å². The highest BCUT2D eigenvalue weighted by Gasteiger charge is 2.07. The molecule has 6 heteroatoms. The number of carbonyl (C=O) groups is 2. The van der Waals surface area contributed by atoms with Gasteiger partial charge in [-0.15, -0.1) is 0 Å². The van der Waals surface area contributed by atoms with Crippen LogP contribution in [0.5, 0.6) is 5.75 Å². The summed E-state index contributed by atoms with van der Waals surface area (Å²) in [5, 5.41) is 2.46. The molecule has 0 aromatic heterocycles. The van der Waals surface area contributed by atoms with Crippen LogP contribution in [0.1, 0.15) is 21.8 Å². The standard InChI is InChI=1S/C20H21NO5.2CH4/c1-15(2)19(22)24-13-12-21-20(23)26-14-25-18-11-7-6-10-17(18)16-8-4-3-5-9-16;;/h3-11H,1,12-14H2,2H3,(H,21,23);2*1H4. The third-order valence-electron chi connectivity index (χ3n) is 3.33. The molecule has 2 aromatic rings. The lowest BCUT2D eigenvalue weighted by Crippen LogP contribution is -2.29. The second-order valence-corrected chi connectivity index (χ2v) is 5.40. The lowest BCUT2D eigenvalue weighted by Gasteiger charge is -2.12. The summed E-state index contributed by atoms with van der Waals surface area (Å²) in [6.07, 6.45) is -0.659. The molecule has 0 saturated carbocycles. The molecule has 0 fully saturated rings. The Morgan fingerprint density at radius 1 is 0.964 bits per heavy atom. The molecule has 0 spiro atoms. The number of amides is 1. The van der Waals surface area contributed by atoms with E-state index in [1.165, 1.54) is 0 Å². The average molecular weight is 387 g/mol. The maximum Gasteiger partial charge on any atom is 0.410 e. The highest BCUT2D eigenvalue weighted by atomic mass is 16.7. The van der Waals surface area contributed by atoms with Gasteiger partial charge in [0.05, 0.1) is 6.54 Å². The molecule has 1 amide bonds. The normalized spacial score (nSPS) is 9.18. The van der Waals surface area contributed by atoms with Crippen molar-refractivity contribution in [2.45, 2.75) is 21.8 Å². The predicted molar refractivity (Wildman–Crippen MR) is 111 cm³/mol. The summed E-state index contributed by atoms with van der Waals surface area (Å²) in [7, 11) is 0. The van der Waals surface area contributed by atoms with Crippen LogP contribution in [0.15, 0.2) is 66.7 Å². The number of rotatable bonds is 8. The first-order valence-electron chi connectivity index (χ1n) is 8.08. The number of carbonyl (C=O) groups excluding carboxylic acids is 2. The van der Waals surface area contributed by atoms with Crippen molar-refractivity contribution in [1.82, 2.24) is 5.32 Å². The van der Waals surface area contributed by atoms with E-state index in [4.69, 9.17) is 14.2 Å². The van der Waals surface area contributed by atoms with Crippen molar-refractivity contribution in [3.8, 4) is 16.9 Å². The topological polar surface area (TPSA) is 73.9 Å². The molecule has 2 rings (SSSR count). The summed E-state index contributed by atoms with van der Waals surface area (Å²) >= 11 is 0. The van der Waals surface area contributed by atoms with Gasteiger partial charge in [0.25, 0.3) is 0 Å². The number of benzene rings is 2. The molecule has 0 heterocycles. The van der Waals surface area contributed by atoms with Crippen LogP contribution in [0, 0.1) is 0 Å². The van der Waals surface area contributed by atoms with Crippen molar-refractivity contribution in [3.63, 3.8) is 0 Å². The van der Waals surface area contributed by atoms with Crippen molar-refractivity contribution in [2.75, 3.05) is 19.9 Å². The van der Waals surface area contributed by atoms with E-state index in [0.717, 1.165) is 11.1 Å². The third-order valence-corrected chi connectivity index (χ3v) is 3.33. The van der Waals surface area contributed by atoms with Gasteiger partial charge in [0.15, 0.2) is 0 Å². The largest absolute Gasteiger partial charge is 0.460 e. The minimum absolute atomic E-state index is 0. The van der Waals surface area contributed by atoms with Crippen molar-refractivity contribution in [3.05, 3.63) is 66.7 Å². The van der Waals surface area contributed by atoms with Crippen LogP contribution in [0.2, 0.25) is 0 Å². The van der Waals surface area contributed by atoms with Crippen LogP contribution >= 0.6 is 0 Å². The zero-order valence-corrected chi connectivity index (χ0v) is 14.6. The van der Waals surface area contributed by atoms with Gasteiger partial charge < -0.3 is 19.5 Å². The zero-order chi connectivity index (χ0) is 18.8. The first-order chi connectivity index (χ1) is 12.6. The molecule has 0 unspecified atom stereocenters. The van der Waals surface area contributed by atoms with Crippen molar-refractivity contribution >= 4 is 12.1 Å². The summed E-state index contributed by atoms with van der Waals surface area (Å²) in [4.78, 5) is 22.8. The van der Waals surface area contributed by atoms with Crippen LogP contribution in [-0.2, 0) is 14.3 Å². The molecule has 0 aliphatic rings. The number of hydrogen-bond acceptors (Lipinski definition) is 5. The Kier molecular flexibility index (Phi) is 11.5. The Bertz CT molecular complexity index is 759. The minimum Gasteiger partial charge on any atom is -0.460 e. The molecular weight excluding hydrogens is 358 g/mol. The zero-order valence-electron chi connectivity index (χ0n) is 14.6. The highest BCUT2D eigenvalue weighted by molar-refractivity contribution is 5.86. The number of nitrogens with one attached hydrogen (secondary N) is 1. The molecular formula is C22H29NO5. The van der Waals surface area contributed by atoms with Gasteiger partial charge in [-0.3, -0.25) is 0 Å². The summed E-state index contributed by atoms with van der Waals surface area (Å²) in [5.74, 6) is 0.114. The van der Waals surface area contributed by atoms with E-state index >= 15 is 0 Å². The highest BCUT2D eigenvalue weighted by Crippen LogP contribution is 2.29. The molecule has 0 aliphatic carbocycles. The average Bonchev–Trinajstić information content (AvgIpc) is 2.66. The fourth-order valence-corrected chi connectivity index (χ4v) is 2.07. The Morgan fingerprint density at radius 3 is 2.29 bits per heavy atom. The molecule has 0 radical (unpaired) electrons. The van der Waals surface area contributed by atoms with Gasteiger partial charge in [-0.1, -0.05) is 70.0 Å². The predicted octanol–water partition coefficient (Wildman–Crippen LogP) is 4.81. The molecule has 0 aliphatic heterocycles. The Morgan fingerprint density at radius 2 is 1.61 bits per heavy atom. The molecule has 0 bridgehead atoms. The van der Waals surface area contributed by atoms with Gasteiger partial charge in [-0.05, 0) is 18.6 Å². The molecule has 1 N–H and O–H groups in total. The number of esters is 1. The third kappa shape index (κ3) is 7.95. The van der Waals surface area contributed by atoms with E-state index in [1.807, 2.05) is 48.5 Å². The van der Waals surface area contributed by atoms with E-state index in [0.29, 0.717) is 11.3 Å². The van der Waals surface area contributed by atoms with Crippen LogP contribution in [0.3, 0.4) is 0 Å². The summed E-state index contributed by atoms with van der Waals surface area (Å²) in [6, 6.07) is 17.3. The van der Waals surface area contributed by atoms with E-state index in [9.17, 15) is 9.59 Å². The molecule has 28 heavy (non-hydrogen) atoms. The maximum absolute atomic E-state index is 11.6. The van der Waals surface area contributed by atoms with Crippen molar-refractivity contribution < 1.29 is 23.8 Å². The smallest absolute Gasteiger partial charge is 0.410 e. The van der Waals surface area contributed by atoms with Gasteiger partial charge in [0.1, 0.15) is 12.4 Å². The number of alkyl carbamates (subject to hydrolysis) is 1. The number of para-hydroxylation sites is 1. The fraction of sp³-hybridized carbons (Fsp3) is 0.273. The fourth-order valence-electron chi connectivity index (χ4n) is 2.07. The summed E-state index contributed by atoms with van der Waals surface area (Å²) < 4.78 is 15.4. The summed E-state index contributed by atoms with van der Waals surface area (Å²) in [6.45, 7) is 4.96. The maximum atomic E-state index is 11.6. The van der Waals surface area contributed by atoms with Crippen LogP contribution in [0.4, 0.5) is 4.79 Å². The van der Waals surface area contributed by atoms with Crippen molar-refractivity contribution in [2.24, 2.45) is 0 Å². The van der Waals surface area contributed by atoms with Crippen LogP contribution < -0.4 is 10.1 Å². The lowest BCUT2D eigenvalue weighted by molar-refractivity contribution is -0.138. The van der Waals surface area contributed by atoms with Crippen LogP contribution in [-0.4, -0.2) is 32.0 Å². The molecule has 0 saturated heterocycles. The van der Waals surface area contributed by atoms with Crippen molar-refractivity contribution in [1.29, 1.82) is 0 Å².